The summed E-state index contributed by atoms with van der Waals surface area (Å²) in [5, 5.41) is 17.8. The summed E-state index contributed by atoms with van der Waals surface area (Å²) in [6, 6.07) is 0. The Kier molecular flexibility index (Phi) is 24.9. The van der Waals surface area contributed by atoms with Crippen LogP contribution in [0, 0.1) is 0 Å². The summed E-state index contributed by atoms with van der Waals surface area (Å²) in [7, 11) is -4.67. The minimum atomic E-state index is -4.67. The molecule has 0 saturated heterocycles. The molecule has 0 spiro atoms. The Balaban J connectivity index is -0.000000520. The van der Waals surface area contributed by atoms with Gasteiger partial charge in [-0.05, 0) is 6.42 Å². The SMILES string of the molecule is CCCCCCCCCCCCC(O)CO.O=S(=O)(O)O.[NaH]. The van der Waals surface area contributed by atoms with Crippen LogP contribution in [0.2, 0.25) is 0 Å². The first-order chi connectivity index (χ1) is 9.81. The van der Waals surface area contributed by atoms with E-state index in [-0.39, 0.29) is 36.2 Å². The molecule has 0 aromatic rings. The van der Waals surface area contributed by atoms with Crippen molar-refractivity contribution in [3.05, 3.63) is 0 Å². The molecule has 0 radical (unpaired) electrons. The van der Waals surface area contributed by atoms with E-state index in [2.05, 4.69) is 6.92 Å². The summed E-state index contributed by atoms with van der Waals surface area (Å²) >= 11 is 0. The summed E-state index contributed by atoms with van der Waals surface area (Å²) in [6.07, 6.45) is 13.4. The van der Waals surface area contributed by atoms with Gasteiger partial charge < -0.3 is 10.2 Å². The summed E-state index contributed by atoms with van der Waals surface area (Å²) in [6.45, 7) is 2.16. The zero-order valence-electron chi connectivity index (χ0n) is 13.1. The predicted octanol–water partition coefficient (Wildman–Crippen LogP) is 2.35. The minimum absolute atomic E-state index is 0. The van der Waals surface area contributed by atoms with Crippen molar-refractivity contribution in [3.8, 4) is 0 Å². The maximum atomic E-state index is 9.13. The van der Waals surface area contributed by atoms with E-state index in [0.717, 1.165) is 12.8 Å². The van der Waals surface area contributed by atoms with Crippen LogP contribution < -0.4 is 0 Å². The van der Waals surface area contributed by atoms with Crippen LogP contribution in [0.1, 0.15) is 77.6 Å². The molecule has 0 saturated carbocycles. The second kappa shape index (κ2) is 19.8. The number of aliphatic hydroxyl groups is 2. The Hall–Kier alpha value is 0.790. The van der Waals surface area contributed by atoms with Gasteiger partial charge in [0, 0.05) is 0 Å². The molecule has 22 heavy (non-hydrogen) atoms. The molecule has 1 unspecified atom stereocenters. The average Bonchev–Trinajstić information content (AvgIpc) is 2.38. The maximum absolute atomic E-state index is 9.13. The molecule has 0 aliphatic heterocycles. The Morgan fingerprint density at radius 2 is 1.14 bits per heavy atom. The van der Waals surface area contributed by atoms with Crippen molar-refractivity contribution >= 4 is 40.0 Å². The monoisotopic (exact) mass is 352 g/mol. The van der Waals surface area contributed by atoms with Gasteiger partial charge in [-0.2, -0.15) is 8.42 Å². The predicted molar refractivity (Wildman–Crippen MR) is 90.9 cm³/mol. The Morgan fingerprint density at radius 1 is 0.818 bits per heavy atom. The second-order valence-corrected chi connectivity index (χ2v) is 6.15. The number of hydrogen-bond donors (Lipinski definition) is 4. The van der Waals surface area contributed by atoms with Crippen molar-refractivity contribution in [3.63, 3.8) is 0 Å². The van der Waals surface area contributed by atoms with Gasteiger partial charge in [-0.1, -0.05) is 71.1 Å². The van der Waals surface area contributed by atoms with E-state index in [4.69, 9.17) is 27.7 Å². The van der Waals surface area contributed by atoms with Crippen LogP contribution in [0.3, 0.4) is 0 Å². The third-order valence-corrected chi connectivity index (χ3v) is 3.10. The zero-order chi connectivity index (χ0) is 16.6. The van der Waals surface area contributed by atoms with Gasteiger partial charge in [0.2, 0.25) is 0 Å². The fraction of sp³-hybridized carbons (Fsp3) is 1.00. The summed E-state index contributed by atoms with van der Waals surface area (Å²) in [5.41, 5.74) is 0. The fourth-order valence-electron chi connectivity index (χ4n) is 1.96. The van der Waals surface area contributed by atoms with Gasteiger partial charge in [0.1, 0.15) is 0 Å². The molecule has 0 amide bonds. The molecule has 1 atom stereocenters. The standard InChI is InChI=1S/C14H30O2.Na.H2O4S.H/c1-2-3-4-5-6-7-8-9-10-11-12-14(16)13-15;;1-5(2,3)4;/h14-16H,2-13H2,1H3;;(H2,1,2,3,4);. The summed E-state index contributed by atoms with van der Waals surface area (Å²) in [4.78, 5) is 0. The third-order valence-electron chi connectivity index (χ3n) is 3.10. The van der Waals surface area contributed by atoms with Gasteiger partial charge in [-0.25, -0.2) is 0 Å². The molecule has 6 nitrogen and oxygen atoms in total. The van der Waals surface area contributed by atoms with Gasteiger partial charge in [0.05, 0.1) is 12.7 Å². The van der Waals surface area contributed by atoms with Crippen molar-refractivity contribution in [2.75, 3.05) is 6.61 Å². The molecular weight excluding hydrogens is 319 g/mol. The summed E-state index contributed by atoms with van der Waals surface area (Å²) in [5.74, 6) is 0. The first-order valence-corrected chi connectivity index (χ1v) is 9.19. The molecule has 0 aromatic heterocycles. The molecule has 0 aliphatic rings. The van der Waals surface area contributed by atoms with Crippen LogP contribution in [-0.2, 0) is 10.4 Å². The fourth-order valence-corrected chi connectivity index (χ4v) is 1.96. The average molecular weight is 352 g/mol. The van der Waals surface area contributed by atoms with E-state index >= 15 is 0 Å². The topological polar surface area (TPSA) is 115 Å². The van der Waals surface area contributed by atoms with Crippen LogP contribution in [-0.4, -0.2) is 70.0 Å². The Labute approximate surface area is 157 Å². The molecule has 0 aromatic carbocycles. The molecule has 8 heteroatoms. The summed E-state index contributed by atoms with van der Waals surface area (Å²) < 4.78 is 31.6. The van der Waals surface area contributed by atoms with E-state index < -0.39 is 16.5 Å². The molecule has 0 rings (SSSR count). The molecule has 0 heterocycles. The van der Waals surface area contributed by atoms with Crippen LogP contribution in [0.4, 0.5) is 0 Å². The van der Waals surface area contributed by atoms with Gasteiger partial charge in [-0.3, -0.25) is 9.11 Å². The van der Waals surface area contributed by atoms with Gasteiger partial charge in [0.15, 0.2) is 0 Å². The molecular formula is C14H33NaO6S. The van der Waals surface area contributed by atoms with Crippen molar-refractivity contribution < 1.29 is 27.7 Å². The third kappa shape index (κ3) is 37.2. The van der Waals surface area contributed by atoms with E-state index in [1.54, 1.807) is 0 Å². The van der Waals surface area contributed by atoms with Gasteiger partial charge in [-0.15, -0.1) is 0 Å². The van der Waals surface area contributed by atoms with E-state index in [1.807, 2.05) is 0 Å². The van der Waals surface area contributed by atoms with Crippen molar-refractivity contribution in [1.29, 1.82) is 0 Å². The van der Waals surface area contributed by atoms with Crippen molar-refractivity contribution in [2.45, 2.75) is 83.7 Å². The van der Waals surface area contributed by atoms with Crippen LogP contribution in [0.5, 0.6) is 0 Å². The molecule has 0 bridgehead atoms. The Bertz CT molecular complexity index is 290. The molecule has 0 fully saturated rings. The first kappa shape index (κ1) is 27.6. The van der Waals surface area contributed by atoms with E-state index in [9.17, 15) is 0 Å². The second-order valence-electron chi connectivity index (χ2n) is 5.25. The van der Waals surface area contributed by atoms with Crippen LogP contribution in [0.25, 0.3) is 0 Å². The van der Waals surface area contributed by atoms with Gasteiger partial charge >= 0.3 is 40.0 Å². The Morgan fingerprint density at radius 3 is 1.45 bits per heavy atom. The first-order valence-electron chi connectivity index (χ1n) is 7.80. The van der Waals surface area contributed by atoms with Crippen molar-refractivity contribution in [2.24, 2.45) is 0 Å². The van der Waals surface area contributed by atoms with Gasteiger partial charge in [0.25, 0.3) is 0 Å². The van der Waals surface area contributed by atoms with Crippen molar-refractivity contribution in [1.82, 2.24) is 0 Å². The number of hydrogen-bond acceptors (Lipinski definition) is 4. The zero-order valence-corrected chi connectivity index (χ0v) is 13.9. The molecule has 4 N–H and O–H groups in total. The number of rotatable bonds is 12. The van der Waals surface area contributed by atoms with Crippen LogP contribution >= 0.6 is 0 Å². The number of unbranched alkanes of at least 4 members (excludes halogenated alkanes) is 9. The van der Waals surface area contributed by atoms with E-state index in [1.165, 1.54) is 57.8 Å². The van der Waals surface area contributed by atoms with Crippen LogP contribution in [0.15, 0.2) is 0 Å². The molecule has 132 valence electrons. The normalized spacial score (nSPS) is 12.0. The van der Waals surface area contributed by atoms with E-state index in [0.29, 0.717) is 0 Å². The number of aliphatic hydroxyl groups excluding tert-OH is 2. The quantitative estimate of drug-likeness (QED) is 0.243. The molecule has 0 aliphatic carbocycles.